The summed E-state index contributed by atoms with van der Waals surface area (Å²) in [4.78, 5) is 161. The fourth-order valence-corrected chi connectivity index (χ4v) is 12.9. The van der Waals surface area contributed by atoms with Crippen LogP contribution in [0.3, 0.4) is 0 Å². The van der Waals surface area contributed by atoms with Crippen LogP contribution in [0.1, 0.15) is 121 Å². The number of carbonyl (C=O) groups is 11. The molecule has 0 spiro atoms. The third-order valence-electron chi connectivity index (χ3n) is 19.1. The van der Waals surface area contributed by atoms with Gasteiger partial charge in [0.1, 0.15) is 18.0 Å². The van der Waals surface area contributed by atoms with E-state index in [-0.39, 0.29) is 148 Å². The second kappa shape index (κ2) is 45.5. The third-order valence-corrected chi connectivity index (χ3v) is 19.1. The number of aryl methyl sites for hydroxylation is 5. The van der Waals surface area contributed by atoms with E-state index in [0.717, 1.165) is 40.9 Å². The van der Waals surface area contributed by atoms with E-state index in [1.807, 2.05) is 60.5 Å². The average Bonchev–Trinajstić information content (AvgIpc) is 1.10. The lowest BCUT2D eigenvalue weighted by molar-refractivity contribution is -0.136. The number of anilines is 6. The molecule has 2 aromatic carbocycles. The van der Waals surface area contributed by atoms with Crippen LogP contribution in [0.25, 0.3) is 5.57 Å². The van der Waals surface area contributed by atoms with Crippen molar-refractivity contribution in [3.63, 3.8) is 0 Å². The summed E-state index contributed by atoms with van der Waals surface area (Å²) in [6, 6.07) is 16.4. The third kappa shape index (κ3) is 27.3. The lowest BCUT2D eigenvalue weighted by atomic mass is 9.96. The van der Waals surface area contributed by atoms with E-state index in [2.05, 4.69) is 67.7 Å². The van der Waals surface area contributed by atoms with E-state index in [4.69, 9.17) is 23.7 Å². The Balaban J connectivity index is 0.522. The van der Waals surface area contributed by atoms with E-state index in [0.29, 0.717) is 110 Å². The first-order valence-electron chi connectivity index (χ1n) is 38.9. The minimum absolute atomic E-state index is 0.00635. The van der Waals surface area contributed by atoms with Crippen molar-refractivity contribution >= 4 is 105 Å². The molecule has 39 nitrogen and oxygen atoms in total. The molecule has 7 aromatic rings. The van der Waals surface area contributed by atoms with E-state index in [9.17, 15) is 63.0 Å². The van der Waals surface area contributed by atoms with Crippen LogP contribution in [0.15, 0.2) is 97.9 Å². The highest BCUT2D eigenvalue weighted by atomic mass is 16.6. The van der Waals surface area contributed by atoms with E-state index < -0.39 is 47.6 Å². The molecule has 11 amide bonds. The maximum absolute atomic E-state index is 13.3. The highest BCUT2D eigenvalue weighted by molar-refractivity contribution is 6.05. The van der Waals surface area contributed by atoms with Gasteiger partial charge in [0.25, 0.3) is 29.5 Å². The number of aliphatic hydroxyl groups is 2. The van der Waals surface area contributed by atoms with E-state index >= 15 is 0 Å². The maximum atomic E-state index is 13.3. The zero-order valence-corrected chi connectivity index (χ0v) is 67.6. The van der Waals surface area contributed by atoms with Crippen molar-refractivity contribution in [2.24, 2.45) is 35.2 Å². The first kappa shape index (κ1) is 89.9. The second-order valence-corrected chi connectivity index (χ2v) is 28.1. The number of aliphatic hydroxyl groups excluding tert-OH is 2. The monoisotopic (exact) mass is 1640 g/mol. The first-order valence-corrected chi connectivity index (χ1v) is 38.9. The Morgan fingerprint density at radius 2 is 1.03 bits per heavy atom. The summed E-state index contributed by atoms with van der Waals surface area (Å²) in [5.41, 5.74) is 6.22. The molecule has 11 N–H and O–H groups in total. The molecule has 5 aromatic heterocycles. The molecule has 39 heteroatoms. The van der Waals surface area contributed by atoms with Crippen LogP contribution in [0, 0.1) is 0 Å². The number of hydrogen-bond acceptors (Lipinski definition) is 23. The fourth-order valence-electron chi connectivity index (χ4n) is 12.9. The zero-order chi connectivity index (χ0) is 84.6. The summed E-state index contributed by atoms with van der Waals surface area (Å²) in [6.45, 7) is 8.06. The van der Waals surface area contributed by atoms with Gasteiger partial charge in [-0.25, -0.2) is 15.0 Å². The molecular weight excluding hydrogens is 1530 g/mol. The molecule has 9 rings (SSSR count). The lowest BCUT2D eigenvalue weighted by Crippen LogP contribution is -2.50. The van der Waals surface area contributed by atoms with Crippen LogP contribution >= 0.6 is 0 Å². The average molecular weight is 1640 g/mol. The first-order chi connectivity index (χ1) is 56.8. The Morgan fingerprint density at radius 3 is 1.56 bits per heavy atom. The standard InChI is InChI=1S/C79H107N21O18/c1-53(102)100-60-15-14-55(42-61(60)99(50-70(100)107)45-56-12-8-9-13-57(56)51-101)54-19-30-98(31-20-54)71(108)52-118-41-40-117-39-38-116-37-36-115-35-34-114-33-21-67(104)81-23-11-29-92(2)28-10-22-80-66(103)16-24-85-77(111)73-90-64(48-96(73)6)88-68(105)17-25-84-76(110)63-44-59(47-95(63)5)87-79(113)74-91-65(49-97(74)7)89-69(106)18-26-83-75(109)62-43-58(46-94(62)4)86-78(112)72-82-27-32-93(72)3/h8-9,12-15,19,27,32,42-44,46-49,70,101,107H,10-11,16-18,20-26,28-31,33-41,45,50-52H2,1-7H3,(H,80,103)(H,81,104)(H,83,109)(H,84,110)(H,85,111)(H,86,112)(H,87,113)(H,88,105)(H,89,106)/t70-/m0/s1. The van der Waals surface area contributed by atoms with Gasteiger partial charge in [0.15, 0.2) is 23.7 Å². The Morgan fingerprint density at radius 1 is 0.525 bits per heavy atom. The number of carbonyl (C=O) groups excluding carboxylic acids is 11. The van der Waals surface area contributed by atoms with Crippen molar-refractivity contribution in [2.45, 2.75) is 71.2 Å². The number of ether oxygens (including phenoxy) is 5. The van der Waals surface area contributed by atoms with Crippen LogP contribution in [0.2, 0.25) is 0 Å². The number of aromatic nitrogens is 8. The van der Waals surface area contributed by atoms with Crippen LogP contribution in [-0.2, 0) is 101 Å². The predicted octanol–water partition coefficient (Wildman–Crippen LogP) is 1.62. The molecule has 0 fully saturated rings. The highest BCUT2D eigenvalue weighted by Crippen LogP contribution is 2.39. The topological polar surface area (TPSA) is 459 Å². The van der Waals surface area contributed by atoms with Gasteiger partial charge in [-0.3, -0.25) is 57.6 Å². The van der Waals surface area contributed by atoms with Crippen molar-refractivity contribution in [3.8, 4) is 0 Å². The maximum Gasteiger partial charge on any atom is 0.291 e. The number of hydrogen-bond donors (Lipinski definition) is 11. The number of β-amino-alcohol motifs (C(OH)–C–C–N with tert-alkyl or cyclic N) is 1. The molecule has 0 bridgehead atoms. The number of benzene rings is 2. The van der Waals surface area contributed by atoms with Gasteiger partial charge in [-0.1, -0.05) is 36.4 Å². The van der Waals surface area contributed by atoms with Crippen LogP contribution in [-0.4, -0.2) is 268 Å². The molecule has 0 saturated carbocycles. The van der Waals surface area contributed by atoms with Crippen molar-refractivity contribution in [2.75, 3.05) is 170 Å². The number of fused-ring (bicyclic) bond motifs is 1. The van der Waals surface area contributed by atoms with Crippen LogP contribution in [0.4, 0.5) is 34.4 Å². The van der Waals surface area contributed by atoms with Gasteiger partial charge in [-0.2, -0.15) is 0 Å². The largest absolute Gasteiger partial charge is 0.392 e. The Hall–Kier alpha value is -12.0. The molecular formula is C79H107N21O18. The number of imidazole rings is 3. The molecule has 118 heavy (non-hydrogen) atoms. The molecule has 0 unspecified atom stereocenters. The van der Waals surface area contributed by atoms with Gasteiger partial charge in [0.05, 0.1) is 95.4 Å². The summed E-state index contributed by atoms with van der Waals surface area (Å²) in [7, 11) is 10.00. The minimum Gasteiger partial charge on any atom is -0.392 e. The Labute approximate surface area is 682 Å². The van der Waals surface area contributed by atoms with Crippen LogP contribution in [0.5, 0.6) is 0 Å². The van der Waals surface area contributed by atoms with E-state index in [1.54, 1.807) is 57.1 Å². The van der Waals surface area contributed by atoms with Crippen molar-refractivity contribution in [3.05, 3.63) is 143 Å². The van der Waals surface area contributed by atoms with Gasteiger partial charge >= 0.3 is 0 Å². The molecule has 2 aliphatic rings. The number of nitrogens with one attached hydrogen (secondary N) is 9. The summed E-state index contributed by atoms with van der Waals surface area (Å²) in [5.74, 6) is -4.08. The molecule has 0 aliphatic carbocycles. The summed E-state index contributed by atoms with van der Waals surface area (Å²) in [6.07, 6.45) is 12.1. The van der Waals surface area contributed by atoms with Gasteiger partial charge in [-0.15, -0.1) is 0 Å². The Kier molecular flexibility index (Phi) is 34.7. The summed E-state index contributed by atoms with van der Waals surface area (Å²) < 4.78 is 35.3. The van der Waals surface area contributed by atoms with E-state index in [1.165, 1.54) is 67.0 Å². The van der Waals surface area contributed by atoms with Gasteiger partial charge in [0.2, 0.25) is 47.1 Å². The summed E-state index contributed by atoms with van der Waals surface area (Å²) >= 11 is 0. The van der Waals surface area contributed by atoms with Gasteiger partial charge in [-0.05, 0) is 85.9 Å². The SMILES string of the molecule is CC(=O)N1c2ccc(C3=CCN(C(=O)COCCOCCOCCOCCOCCC(=O)NCCCN(C)CCCNC(=O)CCNC(=O)c4nc(NC(=O)CCNC(=O)c5cc(NC(=O)c6nc(NC(=O)CCNC(=O)c7cc(NC(=O)c8nccn8C)cn7C)cn6C)cn5C)cn4C)CC3)cc2N(Cc2ccccc2CO)C[C@@H]1O. The van der Waals surface area contributed by atoms with Gasteiger partial charge < -0.3 is 119 Å². The van der Waals surface area contributed by atoms with Crippen molar-refractivity contribution in [1.82, 2.24) is 74.2 Å². The number of amides is 11. The molecule has 0 saturated heterocycles. The number of rotatable bonds is 47. The molecule has 7 heterocycles. The predicted molar refractivity (Wildman–Crippen MR) is 434 cm³/mol. The minimum atomic E-state index is -1.03. The molecule has 1 atom stereocenters. The fraction of sp³-hybridized carbons (Fsp3) is 0.468. The second-order valence-electron chi connectivity index (χ2n) is 28.1. The van der Waals surface area contributed by atoms with Crippen molar-refractivity contribution < 1.29 is 86.6 Å². The smallest absolute Gasteiger partial charge is 0.291 e. The summed E-state index contributed by atoms with van der Waals surface area (Å²) in [5, 5.41) is 45.3. The quantitative estimate of drug-likeness (QED) is 0.0241. The number of nitrogens with zero attached hydrogens (tertiary/aromatic N) is 12. The highest BCUT2D eigenvalue weighted by Gasteiger charge is 2.34. The van der Waals surface area contributed by atoms with Crippen LogP contribution < -0.4 is 57.7 Å². The zero-order valence-electron chi connectivity index (χ0n) is 67.6. The normalized spacial score (nSPS) is 13.2. The Bertz CT molecular complexity index is 4660. The van der Waals surface area contributed by atoms with Crippen molar-refractivity contribution in [1.29, 1.82) is 0 Å². The molecule has 636 valence electrons. The molecule has 2 aliphatic heterocycles. The van der Waals surface area contributed by atoms with Gasteiger partial charge in [0, 0.05) is 157 Å². The lowest BCUT2D eigenvalue weighted by Gasteiger charge is -2.41. The molecule has 0 radical (unpaired) electrons.